The van der Waals surface area contributed by atoms with Gasteiger partial charge in [-0.05, 0) is 23.8 Å². The summed E-state index contributed by atoms with van der Waals surface area (Å²) in [6, 6.07) is 14.0. The van der Waals surface area contributed by atoms with Crippen LogP contribution in [0, 0.1) is 0 Å². The minimum absolute atomic E-state index is 0.0836. The molecule has 1 heterocycles. The van der Waals surface area contributed by atoms with Gasteiger partial charge in [0.1, 0.15) is 15.7 Å². The fourth-order valence-electron chi connectivity index (χ4n) is 2.53. The highest BCUT2D eigenvalue weighted by Crippen LogP contribution is 2.27. The van der Waals surface area contributed by atoms with E-state index in [1.165, 1.54) is 50.7 Å². The SMILES string of the molecule is COc1ccc(C(=O)Nc2nnc(Cc3ccccc3)s2)cc1S(=O)(=O)N(C)C. The van der Waals surface area contributed by atoms with Crippen molar-refractivity contribution < 1.29 is 17.9 Å². The van der Waals surface area contributed by atoms with Gasteiger partial charge in [-0.1, -0.05) is 41.7 Å². The molecule has 10 heteroatoms. The Labute approximate surface area is 173 Å². The predicted octanol–water partition coefficient (Wildman–Crippen LogP) is 2.64. The molecule has 3 aromatic rings. The van der Waals surface area contributed by atoms with Crippen molar-refractivity contribution in [1.29, 1.82) is 0 Å². The number of nitrogens with one attached hydrogen (secondary N) is 1. The van der Waals surface area contributed by atoms with Gasteiger partial charge in [-0.25, -0.2) is 12.7 Å². The molecule has 0 aliphatic carbocycles. The minimum Gasteiger partial charge on any atom is -0.495 e. The largest absolute Gasteiger partial charge is 0.495 e. The molecule has 0 radical (unpaired) electrons. The summed E-state index contributed by atoms with van der Waals surface area (Å²) in [5.41, 5.74) is 1.27. The van der Waals surface area contributed by atoms with Crippen molar-refractivity contribution in [3.8, 4) is 5.75 Å². The molecule has 0 saturated carbocycles. The van der Waals surface area contributed by atoms with Crippen LogP contribution < -0.4 is 10.1 Å². The Balaban J connectivity index is 1.79. The molecule has 0 unspecified atom stereocenters. The number of methoxy groups -OCH3 is 1. The van der Waals surface area contributed by atoms with E-state index in [9.17, 15) is 13.2 Å². The number of nitrogens with zero attached hydrogens (tertiary/aromatic N) is 3. The Morgan fingerprint density at radius 2 is 1.86 bits per heavy atom. The molecule has 2 aromatic carbocycles. The van der Waals surface area contributed by atoms with E-state index < -0.39 is 15.9 Å². The van der Waals surface area contributed by atoms with Gasteiger partial charge in [0.2, 0.25) is 15.2 Å². The van der Waals surface area contributed by atoms with Gasteiger partial charge in [0.25, 0.3) is 5.91 Å². The number of anilines is 1. The van der Waals surface area contributed by atoms with Crippen LogP contribution in [0.1, 0.15) is 20.9 Å². The molecule has 0 atom stereocenters. The second-order valence-electron chi connectivity index (χ2n) is 6.27. The number of aromatic nitrogens is 2. The van der Waals surface area contributed by atoms with Crippen molar-refractivity contribution in [3.63, 3.8) is 0 Å². The van der Waals surface area contributed by atoms with Crippen LogP contribution in [-0.2, 0) is 16.4 Å². The maximum Gasteiger partial charge on any atom is 0.257 e. The van der Waals surface area contributed by atoms with Crippen molar-refractivity contribution >= 4 is 32.4 Å². The van der Waals surface area contributed by atoms with Crippen LogP contribution in [-0.4, -0.2) is 50.0 Å². The summed E-state index contributed by atoms with van der Waals surface area (Å²) in [6.45, 7) is 0. The number of ether oxygens (including phenoxy) is 1. The number of carbonyl (C=O) groups is 1. The fourth-order valence-corrected chi connectivity index (χ4v) is 4.38. The predicted molar refractivity (Wildman–Crippen MR) is 111 cm³/mol. The number of hydrogen-bond donors (Lipinski definition) is 1. The maximum atomic E-state index is 12.6. The molecule has 0 aliphatic rings. The zero-order valence-corrected chi connectivity index (χ0v) is 17.8. The summed E-state index contributed by atoms with van der Waals surface area (Å²) in [7, 11) is 0.426. The van der Waals surface area contributed by atoms with Crippen LogP contribution in [0.25, 0.3) is 0 Å². The van der Waals surface area contributed by atoms with E-state index in [1.54, 1.807) is 0 Å². The van der Waals surface area contributed by atoms with Crippen LogP contribution in [0.5, 0.6) is 5.75 Å². The van der Waals surface area contributed by atoms with E-state index in [0.717, 1.165) is 14.9 Å². The lowest BCUT2D eigenvalue weighted by atomic mass is 10.2. The first kappa shape index (κ1) is 20.9. The van der Waals surface area contributed by atoms with E-state index in [2.05, 4.69) is 15.5 Å². The van der Waals surface area contributed by atoms with Crippen LogP contribution in [0.2, 0.25) is 0 Å². The monoisotopic (exact) mass is 432 g/mol. The lowest BCUT2D eigenvalue weighted by molar-refractivity contribution is 0.102. The smallest absolute Gasteiger partial charge is 0.257 e. The van der Waals surface area contributed by atoms with Gasteiger partial charge in [0.05, 0.1) is 7.11 Å². The molecule has 0 saturated heterocycles. The highest BCUT2D eigenvalue weighted by atomic mass is 32.2. The minimum atomic E-state index is -3.78. The topological polar surface area (TPSA) is 101 Å². The molecule has 1 amide bonds. The quantitative estimate of drug-likeness (QED) is 0.616. The number of rotatable bonds is 7. The van der Waals surface area contributed by atoms with Gasteiger partial charge in [0.15, 0.2) is 0 Å². The van der Waals surface area contributed by atoms with Crippen LogP contribution in [0.4, 0.5) is 5.13 Å². The van der Waals surface area contributed by atoms with Crippen LogP contribution >= 0.6 is 11.3 Å². The standard InChI is InChI=1S/C19H20N4O4S2/c1-23(2)29(25,26)16-12-14(9-10-15(16)27-3)18(24)20-19-22-21-17(28-19)11-13-7-5-4-6-8-13/h4-10,12H,11H2,1-3H3,(H,20,22,24). The number of amides is 1. The molecule has 0 bridgehead atoms. The molecule has 29 heavy (non-hydrogen) atoms. The van der Waals surface area contributed by atoms with Crippen molar-refractivity contribution in [2.75, 3.05) is 26.5 Å². The van der Waals surface area contributed by atoms with E-state index >= 15 is 0 Å². The van der Waals surface area contributed by atoms with Gasteiger partial charge in [-0.3, -0.25) is 10.1 Å². The third-order valence-corrected chi connectivity index (χ3v) is 6.74. The lowest BCUT2D eigenvalue weighted by Crippen LogP contribution is -2.23. The van der Waals surface area contributed by atoms with Crippen LogP contribution in [0.15, 0.2) is 53.4 Å². The molecule has 0 aliphatic heterocycles. The van der Waals surface area contributed by atoms with Crippen LogP contribution in [0.3, 0.4) is 0 Å². The Morgan fingerprint density at radius 1 is 1.14 bits per heavy atom. The average Bonchev–Trinajstić information content (AvgIpc) is 3.14. The van der Waals surface area contributed by atoms with Gasteiger partial charge in [-0.2, -0.15) is 0 Å². The molecule has 1 aromatic heterocycles. The first-order valence-electron chi connectivity index (χ1n) is 8.59. The summed E-state index contributed by atoms with van der Waals surface area (Å²) < 4.78 is 31.2. The maximum absolute atomic E-state index is 12.6. The van der Waals surface area contributed by atoms with Crippen molar-refractivity contribution in [1.82, 2.24) is 14.5 Å². The second-order valence-corrected chi connectivity index (χ2v) is 9.45. The first-order valence-corrected chi connectivity index (χ1v) is 10.8. The lowest BCUT2D eigenvalue weighted by Gasteiger charge is -2.15. The highest BCUT2D eigenvalue weighted by Gasteiger charge is 2.24. The molecule has 1 N–H and O–H groups in total. The number of benzene rings is 2. The summed E-state index contributed by atoms with van der Waals surface area (Å²) in [5, 5.41) is 11.9. The van der Waals surface area contributed by atoms with Gasteiger partial charge >= 0.3 is 0 Å². The molecular weight excluding hydrogens is 412 g/mol. The molecular formula is C19H20N4O4S2. The molecule has 0 spiro atoms. The zero-order chi connectivity index (χ0) is 21.0. The first-order chi connectivity index (χ1) is 13.8. The normalized spacial score (nSPS) is 11.4. The number of sulfonamides is 1. The van der Waals surface area contributed by atoms with E-state index in [1.807, 2.05) is 30.3 Å². The Bertz CT molecular complexity index is 1110. The third kappa shape index (κ3) is 4.78. The van der Waals surface area contributed by atoms with Gasteiger partial charge in [0, 0.05) is 26.1 Å². The number of carbonyl (C=O) groups excluding carboxylic acids is 1. The fraction of sp³-hybridized carbons (Fsp3) is 0.211. The van der Waals surface area contributed by atoms with Gasteiger partial charge in [-0.15, -0.1) is 10.2 Å². The summed E-state index contributed by atoms with van der Waals surface area (Å²) in [5.74, 6) is -0.318. The zero-order valence-electron chi connectivity index (χ0n) is 16.1. The Hall–Kier alpha value is -2.82. The third-order valence-electron chi connectivity index (χ3n) is 4.07. The average molecular weight is 433 g/mol. The van der Waals surface area contributed by atoms with Crippen molar-refractivity contribution in [2.45, 2.75) is 11.3 Å². The Morgan fingerprint density at radius 3 is 2.52 bits per heavy atom. The summed E-state index contributed by atoms with van der Waals surface area (Å²) in [6.07, 6.45) is 0.613. The van der Waals surface area contributed by atoms with Crippen molar-refractivity contribution in [3.05, 3.63) is 64.7 Å². The second kappa shape index (κ2) is 8.68. The van der Waals surface area contributed by atoms with E-state index in [4.69, 9.17) is 4.74 Å². The molecule has 0 fully saturated rings. The number of hydrogen-bond acceptors (Lipinski definition) is 7. The Kier molecular flexibility index (Phi) is 6.26. The summed E-state index contributed by atoms with van der Waals surface area (Å²) in [4.78, 5) is 12.5. The summed E-state index contributed by atoms with van der Waals surface area (Å²) >= 11 is 1.27. The molecule has 152 valence electrons. The van der Waals surface area contributed by atoms with E-state index in [0.29, 0.717) is 11.6 Å². The molecule has 3 rings (SSSR count). The van der Waals surface area contributed by atoms with Crippen molar-refractivity contribution in [2.24, 2.45) is 0 Å². The highest BCUT2D eigenvalue weighted by molar-refractivity contribution is 7.89. The van der Waals surface area contributed by atoms with E-state index in [-0.39, 0.29) is 16.2 Å². The molecule has 8 nitrogen and oxygen atoms in total. The van der Waals surface area contributed by atoms with Gasteiger partial charge < -0.3 is 4.74 Å².